The number of pyridine rings is 1. The highest BCUT2D eigenvalue weighted by molar-refractivity contribution is 5.89. The predicted octanol–water partition coefficient (Wildman–Crippen LogP) is 3.99. The molecular formula is C25H25N3O4. The van der Waals surface area contributed by atoms with Crippen molar-refractivity contribution < 1.29 is 14.6 Å². The lowest BCUT2D eigenvalue weighted by molar-refractivity contribution is -0.137. The topological polar surface area (TPSA) is 98.4 Å². The maximum atomic E-state index is 12.6. The van der Waals surface area contributed by atoms with E-state index in [9.17, 15) is 9.59 Å². The van der Waals surface area contributed by atoms with Gasteiger partial charge < -0.3 is 19.8 Å². The third-order valence-electron chi connectivity index (χ3n) is 5.96. The highest BCUT2D eigenvalue weighted by atomic mass is 16.5. The Hall–Kier alpha value is -3.58. The summed E-state index contributed by atoms with van der Waals surface area (Å²) in [6.07, 6.45) is 2.42. The van der Waals surface area contributed by atoms with Crippen LogP contribution in [0.15, 0.2) is 59.4 Å². The van der Waals surface area contributed by atoms with E-state index in [1.165, 1.54) is 0 Å². The van der Waals surface area contributed by atoms with Crippen LogP contribution in [-0.2, 0) is 4.79 Å². The highest BCUT2D eigenvalue weighted by Gasteiger charge is 2.28. The first-order chi connectivity index (χ1) is 15.6. The zero-order valence-corrected chi connectivity index (χ0v) is 17.6. The molecule has 0 unspecified atom stereocenters. The summed E-state index contributed by atoms with van der Waals surface area (Å²) >= 11 is 0. The Morgan fingerprint density at radius 3 is 2.62 bits per heavy atom. The van der Waals surface area contributed by atoms with Gasteiger partial charge in [-0.3, -0.25) is 14.5 Å². The average molecular weight is 431 g/mol. The second-order valence-corrected chi connectivity index (χ2v) is 8.29. The van der Waals surface area contributed by atoms with Crippen molar-refractivity contribution in [3.63, 3.8) is 0 Å². The number of rotatable bonds is 9. The number of hydrogen-bond donors (Lipinski definition) is 3. The van der Waals surface area contributed by atoms with Crippen LogP contribution in [0.5, 0.6) is 5.75 Å². The number of H-pyrrole nitrogens is 2. The van der Waals surface area contributed by atoms with Gasteiger partial charge in [-0.1, -0.05) is 18.2 Å². The second-order valence-electron chi connectivity index (χ2n) is 8.29. The van der Waals surface area contributed by atoms with Crippen LogP contribution >= 0.6 is 0 Å². The van der Waals surface area contributed by atoms with Crippen molar-refractivity contribution in [2.75, 3.05) is 19.7 Å². The molecule has 1 fully saturated rings. The lowest BCUT2D eigenvalue weighted by atomic mass is 10.1. The number of nitrogens with one attached hydrogen (secondary N) is 2. The molecule has 1 aliphatic rings. The van der Waals surface area contributed by atoms with Crippen molar-refractivity contribution in [2.24, 2.45) is 0 Å². The summed E-state index contributed by atoms with van der Waals surface area (Å²) < 4.78 is 5.95. The number of fused-ring (bicyclic) bond motifs is 2. The van der Waals surface area contributed by atoms with Crippen LogP contribution in [-0.4, -0.2) is 51.7 Å². The molecule has 0 atom stereocenters. The Labute approximate surface area is 184 Å². The van der Waals surface area contributed by atoms with Gasteiger partial charge in [-0.25, -0.2) is 0 Å². The molecule has 3 N–H and O–H groups in total. The molecule has 5 rings (SSSR count). The first-order valence-electron chi connectivity index (χ1n) is 10.9. The van der Waals surface area contributed by atoms with Gasteiger partial charge in [-0.15, -0.1) is 0 Å². The van der Waals surface area contributed by atoms with Gasteiger partial charge in [0.05, 0.1) is 17.7 Å². The standard InChI is InChI=1S/C25H25N3O4/c29-24(30)9-10-28(18-5-6-18)11-12-32-19-7-8-22-17(13-19)15-23(26-22)20-14-16-3-1-2-4-21(16)27-25(20)31/h1-4,7-8,13-15,18,26H,5-6,9-12H2,(H,27,31)(H,29,30). The van der Waals surface area contributed by atoms with Gasteiger partial charge in [0, 0.05) is 35.6 Å². The van der Waals surface area contributed by atoms with E-state index in [-0.39, 0.29) is 12.0 Å². The number of carboxylic acid groups (broad SMARTS) is 1. The van der Waals surface area contributed by atoms with E-state index >= 15 is 0 Å². The van der Waals surface area contributed by atoms with Crippen LogP contribution < -0.4 is 10.3 Å². The van der Waals surface area contributed by atoms with Gasteiger partial charge in [-0.2, -0.15) is 0 Å². The Balaban J connectivity index is 1.30. The number of ether oxygens (including phenoxy) is 1. The Kier molecular flexibility index (Phi) is 5.41. The second kappa shape index (κ2) is 8.51. The fourth-order valence-corrected chi connectivity index (χ4v) is 4.13. The quantitative estimate of drug-likeness (QED) is 0.372. The van der Waals surface area contributed by atoms with E-state index in [4.69, 9.17) is 9.84 Å². The molecule has 1 aliphatic carbocycles. The summed E-state index contributed by atoms with van der Waals surface area (Å²) in [7, 11) is 0. The minimum Gasteiger partial charge on any atom is -0.492 e. The molecule has 164 valence electrons. The average Bonchev–Trinajstić information content (AvgIpc) is 3.54. The Morgan fingerprint density at radius 1 is 1.00 bits per heavy atom. The highest BCUT2D eigenvalue weighted by Crippen LogP contribution is 2.28. The van der Waals surface area contributed by atoms with Gasteiger partial charge in [0.1, 0.15) is 12.4 Å². The molecule has 1 saturated carbocycles. The van der Waals surface area contributed by atoms with Crippen molar-refractivity contribution in [2.45, 2.75) is 25.3 Å². The van der Waals surface area contributed by atoms with Crippen molar-refractivity contribution in [1.29, 1.82) is 0 Å². The number of aromatic amines is 2. The van der Waals surface area contributed by atoms with Crippen LogP contribution in [0.4, 0.5) is 0 Å². The van der Waals surface area contributed by atoms with Crippen LogP contribution in [0.1, 0.15) is 19.3 Å². The molecule has 0 spiro atoms. The van der Waals surface area contributed by atoms with Crippen LogP contribution in [0.2, 0.25) is 0 Å². The lowest BCUT2D eigenvalue weighted by Crippen LogP contribution is -2.32. The third-order valence-corrected chi connectivity index (χ3v) is 5.96. The summed E-state index contributed by atoms with van der Waals surface area (Å²) in [6, 6.07) is 17.9. The van der Waals surface area contributed by atoms with Crippen molar-refractivity contribution in [1.82, 2.24) is 14.9 Å². The SMILES string of the molecule is O=C(O)CCN(CCOc1ccc2[nH]c(-c3cc4ccccc4[nH]c3=O)cc2c1)C1CC1. The molecule has 7 heteroatoms. The van der Waals surface area contributed by atoms with Crippen LogP contribution in [0.25, 0.3) is 33.1 Å². The number of hydrogen-bond acceptors (Lipinski definition) is 4. The molecule has 0 radical (unpaired) electrons. The summed E-state index contributed by atoms with van der Waals surface area (Å²) in [5.41, 5.74) is 2.98. The molecule has 7 nitrogen and oxygen atoms in total. The van der Waals surface area contributed by atoms with E-state index in [0.29, 0.717) is 31.3 Å². The Bertz CT molecular complexity index is 1340. The number of para-hydroxylation sites is 1. The fraction of sp³-hybridized carbons (Fsp3) is 0.280. The maximum absolute atomic E-state index is 12.6. The van der Waals surface area contributed by atoms with Gasteiger partial charge >= 0.3 is 5.97 Å². The molecule has 2 aromatic carbocycles. The van der Waals surface area contributed by atoms with Crippen LogP contribution in [0, 0.1) is 0 Å². The van der Waals surface area contributed by atoms with Gasteiger partial charge in [0.25, 0.3) is 5.56 Å². The normalized spacial score (nSPS) is 13.8. The maximum Gasteiger partial charge on any atom is 0.304 e. The van der Waals surface area contributed by atoms with E-state index in [2.05, 4.69) is 14.9 Å². The fourth-order valence-electron chi connectivity index (χ4n) is 4.13. The number of aromatic nitrogens is 2. The Morgan fingerprint density at radius 2 is 1.81 bits per heavy atom. The molecule has 2 heterocycles. The molecule has 0 saturated heterocycles. The van der Waals surface area contributed by atoms with E-state index in [1.54, 1.807) is 0 Å². The van der Waals surface area contributed by atoms with Crippen molar-refractivity contribution in [3.8, 4) is 17.0 Å². The van der Waals surface area contributed by atoms with E-state index in [0.717, 1.165) is 46.1 Å². The number of nitrogens with zero attached hydrogens (tertiary/aromatic N) is 1. The molecule has 2 aromatic heterocycles. The lowest BCUT2D eigenvalue weighted by Gasteiger charge is -2.21. The minimum atomic E-state index is -0.768. The molecule has 32 heavy (non-hydrogen) atoms. The first kappa shape index (κ1) is 20.3. The minimum absolute atomic E-state index is 0.131. The summed E-state index contributed by atoms with van der Waals surface area (Å²) in [6.45, 7) is 1.77. The zero-order valence-electron chi connectivity index (χ0n) is 17.6. The van der Waals surface area contributed by atoms with Crippen LogP contribution in [0.3, 0.4) is 0 Å². The summed E-state index contributed by atoms with van der Waals surface area (Å²) in [5, 5.41) is 10.9. The van der Waals surface area contributed by atoms with Gasteiger partial charge in [0.2, 0.25) is 0 Å². The first-order valence-corrected chi connectivity index (χ1v) is 10.9. The molecular weight excluding hydrogens is 406 g/mol. The summed E-state index contributed by atoms with van der Waals surface area (Å²) in [4.78, 5) is 31.9. The molecule has 0 bridgehead atoms. The number of carboxylic acids is 1. The number of benzene rings is 2. The molecule has 0 aliphatic heterocycles. The van der Waals surface area contributed by atoms with Gasteiger partial charge in [0.15, 0.2) is 0 Å². The zero-order chi connectivity index (χ0) is 22.1. The monoisotopic (exact) mass is 431 g/mol. The predicted molar refractivity (Wildman–Crippen MR) is 124 cm³/mol. The number of carbonyl (C=O) groups is 1. The molecule has 4 aromatic rings. The van der Waals surface area contributed by atoms with E-state index in [1.807, 2.05) is 54.6 Å². The molecule has 0 amide bonds. The van der Waals surface area contributed by atoms with Crippen molar-refractivity contribution in [3.05, 3.63) is 65.0 Å². The smallest absolute Gasteiger partial charge is 0.304 e. The summed E-state index contributed by atoms with van der Waals surface area (Å²) in [5.74, 6) is -0.0139. The van der Waals surface area contributed by atoms with E-state index < -0.39 is 5.97 Å². The van der Waals surface area contributed by atoms with Gasteiger partial charge in [-0.05, 0) is 54.6 Å². The third kappa shape index (κ3) is 4.38. The van der Waals surface area contributed by atoms with Crippen molar-refractivity contribution >= 4 is 27.8 Å². The largest absolute Gasteiger partial charge is 0.492 e. The number of aliphatic carboxylic acids is 1.